The van der Waals surface area contributed by atoms with Gasteiger partial charge in [-0.1, -0.05) is 31.8 Å². The Morgan fingerprint density at radius 3 is 2.38 bits per heavy atom. The van der Waals surface area contributed by atoms with E-state index in [-0.39, 0.29) is 12.4 Å². The van der Waals surface area contributed by atoms with Crippen molar-refractivity contribution in [2.24, 2.45) is 0 Å². The highest BCUT2D eigenvalue weighted by molar-refractivity contribution is 6.83. The van der Waals surface area contributed by atoms with Gasteiger partial charge in [0, 0.05) is 11.8 Å². The van der Waals surface area contributed by atoms with Crippen LogP contribution in [0.25, 0.3) is 0 Å². The van der Waals surface area contributed by atoms with Gasteiger partial charge < -0.3 is 4.74 Å². The van der Waals surface area contributed by atoms with Gasteiger partial charge in [0.05, 0.1) is 14.6 Å². The third-order valence-corrected chi connectivity index (χ3v) is 4.31. The van der Waals surface area contributed by atoms with Crippen LogP contribution in [0.3, 0.4) is 0 Å². The molecule has 0 spiro atoms. The van der Waals surface area contributed by atoms with Crippen molar-refractivity contribution in [1.82, 2.24) is 4.42 Å². The highest BCUT2D eigenvalue weighted by atomic mass is 35.5. The van der Waals surface area contributed by atoms with Crippen LogP contribution in [0.5, 0.6) is 0 Å². The average molecular weight is 272 g/mol. The smallest absolute Gasteiger partial charge is 0.389 e. The molecule has 1 rings (SSSR count). The first kappa shape index (κ1) is 13.4. The minimum Gasteiger partial charge on any atom is -0.389 e. The molecule has 0 aromatic rings. The molecule has 0 bridgehead atoms. The Balaban J connectivity index is 3.11. The first-order valence-electron chi connectivity index (χ1n) is 4.71. The largest absolute Gasteiger partial charge is 0.574 e. The van der Waals surface area contributed by atoms with Gasteiger partial charge in [0.25, 0.3) is 0 Å². The summed E-state index contributed by atoms with van der Waals surface area (Å²) in [4.78, 5) is 0. The van der Waals surface area contributed by atoms with Gasteiger partial charge in [-0.05, 0) is 5.20 Å². The normalized spacial score (nSPS) is 18.1. The van der Waals surface area contributed by atoms with Gasteiger partial charge in [0.2, 0.25) is 5.88 Å². The molecule has 0 fully saturated rings. The van der Waals surface area contributed by atoms with Gasteiger partial charge in [0.1, 0.15) is 0 Å². The van der Waals surface area contributed by atoms with Crippen molar-refractivity contribution in [3.05, 3.63) is 23.2 Å². The molecule has 0 aromatic carbocycles. The molecule has 0 saturated carbocycles. The molecule has 2 nitrogen and oxygen atoms in total. The Hall–Kier alpha value is -0.623. The second-order valence-corrected chi connectivity index (χ2v) is 9.91. The third-order valence-electron chi connectivity index (χ3n) is 2.02. The molecular weight excluding hydrogens is 259 g/mol. The Kier molecular flexibility index (Phi) is 3.64. The minimum atomic E-state index is -4.71. The van der Waals surface area contributed by atoms with Crippen LogP contribution in [0.1, 0.15) is 0 Å². The third kappa shape index (κ3) is 3.45. The van der Waals surface area contributed by atoms with E-state index in [0.717, 1.165) is 4.42 Å². The summed E-state index contributed by atoms with van der Waals surface area (Å²) < 4.78 is 41.6. The molecule has 1 aliphatic heterocycles. The van der Waals surface area contributed by atoms with Crippen LogP contribution in [-0.2, 0) is 4.74 Å². The van der Waals surface area contributed by atoms with Gasteiger partial charge in [-0.25, -0.2) is 0 Å². The molecule has 0 aromatic heterocycles. The standard InChI is InChI=1S/C9H13ClF3NOSi/c1-16(2,3)7-5-4-6-14(10)8(7)15-9(11,12)13/h4-5H,6H2,1-3H3. The zero-order chi connectivity index (χ0) is 12.6. The maximum absolute atomic E-state index is 12.2. The number of allylic oxidation sites excluding steroid dienone is 2. The lowest BCUT2D eigenvalue weighted by Crippen LogP contribution is -2.33. The minimum absolute atomic E-state index is 0.209. The Bertz CT molecular complexity index is 333. The van der Waals surface area contributed by atoms with Gasteiger partial charge in [-0.2, -0.15) is 0 Å². The topological polar surface area (TPSA) is 12.5 Å². The van der Waals surface area contributed by atoms with Crippen LogP contribution in [0.4, 0.5) is 13.2 Å². The summed E-state index contributed by atoms with van der Waals surface area (Å²) >= 11 is 5.71. The number of hydrogen-bond donors (Lipinski definition) is 0. The zero-order valence-corrected chi connectivity index (χ0v) is 11.0. The lowest BCUT2D eigenvalue weighted by atomic mass is 10.4. The number of alkyl halides is 3. The second kappa shape index (κ2) is 4.33. The van der Waals surface area contributed by atoms with Gasteiger partial charge >= 0.3 is 6.36 Å². The van der Waals surface area contributed by atoms with E-state index < -0.39 is 14.4 Å². The average Bonchev–Trinajstić information content (AvgIpc) is 2.04. The number of hydrogen-bond acceptors (Lipinski definition) is 2. The molecule has 0 unspecified atom stereocenters. The van der Waals surface area contributed by atoms with Crippen molar-refractivity contribution in [2.45, 2.75) is 26.0 Å². The van der Waals surface area contributed by atoms with Crippen LogP contribution in [0.15, 0.2) is 23.2 Å². The predicted molar refractivity (Wildman–Crippen MR) is 59.2 cm³/mol. The van der Waals surface area contributed by atoms with Crippen LogP contribution in [0.2, 0.25) is 19.6 Å². The Morgan fingerprint density at radius 2 is 1.94 bits per heavy atom. The Labute approximate surface area is 98.4 Å². The molecule has 0 atom stereocenters. The highest BCUT2D eigenvalue weighted by Gasteiger charge is 2.37. The lowest BCUT2D eigenvalue weighted by molar-refractivity contribution is -0.311. The number of rotatable bonds is 2. The van der Waals surface area contributed by atoms with Crippen LogP contribution >= 0.6 is 11.8 Å². The molecule has 7 heteroatoms. The second-order valence-electron chi connectivity index (χ2n) is 4.46. The summed E-state index contributed by atoms with van der Waals surface area (Å²) in [5.74, 6) is -0.282. The van der Waals surface area contributed by atoms with E-state index in [0.29, 0.717) is 5.20 Å². The van der Waals surface area contributed by atoms with Crippen molar-refractivity contribution in [3.8, 4) is 0 Å². The first-order chi connectivity index (χ1) is 7.11. The maximum atomic E-state index is 12.2. The number of nitrogens with zero attached hydrogens (tertiary/aromatic N) is 1. The van der Waals surface area contributed by atoms with E-state index in [1.807, 2.05) is 19.6 Å². The molecule has 0 aliphatic carbocycles. The molecule has 0 radical (unpaired) electrons. The SMILES string of the molecule is C[Si](C)(C)C1=C(OC(F)(F)F)N(Cl)CC=C1. The molecule has 0 N–H and O–H groups in total. The summed E-state index contributed by atoms with van der Waals surface area (Å²) in [5, 5.41) is 0.561. The highest BCUT2D eigenvalue weighted by Crippen LogP contribution is 2.32. The fourth-order valence-corrected chi connectivity index (χ4v) is 3.05. The summed E-state index contributed by atoms with van der Waals surface area (Å²) in [6.45, 7) is 6.01. The van der Waals surface area contributed by atoms with Crippen molar-refractivity contribution in [1.29, 1.82) is 0 Å². The van der Waals surface area contributed by atoms with Gasteiger partial charge in [-0.15, -0.1) is 13.2 Å². The fourth-order valence-electron chi connectivity index (χ4n) is 1.33. The molecule has 16 heavy (non-hydrogen) atoms. The van der Waals surface area contributed by atoms with Crippen molar-refractivity contribution >= 4 is 19.9 Å². The van der Waals surface area contributed by atoms with Crippen LogP contribution < -0.4 is 0 Å². The fraction of sp³-hybridized carbons (Fsp3) is 0.556. The van der Waals surface area contributed by atoms with E-state index in [4.69, 9.17) is 11.8 Å². The molecule has 0 saturated heterocycles. The van der Waals surface area contributed by atoms with Crippen molar-refractivity contribution < 1.29 is 17.9 Å². The zero-order valence-electron chi connectivity index (χ0n) is 9.23. The van der Waals surface area contributed by atoms with E-state index in [1.165, 1.54) is 0 Å². The van der Waals surface area contributed by atoms with Crippen LogP contribution in [0, 0.1) is 0 Å². The van der Waals surface area contributed by atoms with Gasteiger partial charge in [0.15, 0.2) is 0 Å². The van der Waals surface area contributed by atoms with E-state index in [1.54, 1.807) is 12.2 Å². The maximum Gasteiger partial charge on any atom is 0.574 e. The summed E-state index contributed by atoms with van der Waals surface area (Å²) in [6, 6.07) is 0. The monoisotopic (exact) mass is 271 g/mol. The molecule has 1 aliphatic rings. The van der Waals surface area contributed by atoms with Gasteiger partial charge in [-0.3, -0.25) is 4.42 Å². The first-order valence-corrected chi connectivity index (χ1v) is 8.55. The van der Waals surface area contributed by atoms with Crippen LogP contribution in [-0.4, -0.2) is 25.4 Å². The summed E-state index contributed by atoms with van der Waals surface area (Å²) in [6.07, 6.45) is -1.31. The van der Waals surface area contributed by atoms with E-state index in [9.17, 15) is 13.2 Å². The van der Waals surface area contributed by atoms with Crippen molar-refractivity contribution in [3.63, 3.8) is 0 Å². The Morgan fingerprint density at radius 1 is 1.38 bits per heavy atom. The quantitative estimate of drug-likeness (QED) is 0.562. The molecule has 92 valence electrons. The molecule has 1 heterocycles. The lowest BCUT2D eigenvalue weighted by Gasteiger charge is -2.29. The van der Waals surface area contributed by atoms with E-state index >= 15 is 0 Å². The summed E-state index contributed by atoms with van der Waals surface area (Å²) in [5.41, 5.74) is 0. The molecule has 0 amide bonds. The van der Waals surface area contributed by atoms with Crippen molar-refractivity contribution in [2.75, 3.05) is 6.54 Å². The molecular formula is C9H13ClF3NOSi. The van der Waals surface area contributed by atoms with E-state index in [2.05, 4.69) is 4.74 Å². The number of halogens is 4. The predicted octanol–water partition coefficient (Wildman–Crippen LogP) is 3.64. The summed E-state index contributed by atoms with van der Waals surface area (Å²) in [7, 11) is -1.92. The number of ether oxygens (including phenoxy) is 1.